The van der Waals surface area contributed by atoms with Crippen molar-refractivity contribution >= 4 is 12.3 Å². The van der Waals surface area contributed by atoms with E-state index in [-0.39, 0.29) is 45.7 Å². The number of hydrogen-bond donors (Lipinski definition) is 8. The first-order chi connectivity index (χ1) is 3.46. The molecule has 10 nitrogen and oxygen atoms in total. The van der Waals surface area contributed by atoms with E-state index in [0.29, 0.717) is 0 Å². The molecule has 90 valence electrons. The van der Waals surface area contributed by atoms with Gasteiger partial charge in [-0.2, -0.15) is 0 Å². The fourth-order valence-electron chi connectivity index (χ4n) is 0. The Labute approximate surface area is 88.5 Å². The molecule has 0 aromatic carbocycles. The van der Waals surface area contributed by atoms with Gasteiger partial charge in [0, 0.05) is 21.1 Å². The maximum atomic E-state index is 8.56. The van der Waals surface area contributed by atoms with E-state index < -0.39 is 12.3 Å². The van der Waals surface area contributed by atoms with Gasteiger partial charge >= 0.3 is 12.3 Å². The number of carboxylic acid groups (broad SMARTS) is 4. The third-order valence-corrected chi connectivity index (χ3v) is 0. The molecule has 0 atom stereocenters. The van der Waals surface area contributed by atoms with Gasteiger partial charge in [-0.25, -0.2) is 9.59 Å². The molecule has 0 aliphatic rings. The van der Waals surface area contributed by atoms with E-state index in [1.54, 1.807) is 0 Å². The van der Waals surface area contributed by atoms with Gasteiger partial charge in [-0.05, 0) is 0 Å². The maximum Gasteiger partial charge on any atom is 0.503 e. The van der Waals surface area contributed by atoms with Crippen LogP contribution in [0.5, 0.6) is 0 Å². The first kappa shape index (κ1) is 57.6. The number of hydrogen-bond acceptors (Lipinski definition) is 6. The molecular weight excluding hydrogens is 371 g/mol. The molecule has 0 aromatic heterocycles. The second-order valence-corrected chi connectivity index (χ2v) is 0.565. The van der Waals surface area contributed by atoms with E-state index >= 15 is 0 Å². The molecule has 0 saturated heterocycles. The first-order valence-electron chi connectivity index (χ1n) is 1.30. The second kappa shape index (κ2) is 43.7. The van der Waals surface area contributed by atoms with Crippen LogP contribution in [-0.2, 0) is 21.1 Å². The first-order valence-corrected chi connectivity index (χ1v) is 1.30. The van der Waals surface area contributed by atoms with Gasteiger partial charge in [-0.3, -0.25) is 0 Å². The topological polar surface area (TPSA) is 255 Å². The molecule has 16 N–H and O–H groups in total. The second-order valence-electron chi connectivity index (χ2n) is 0.565. The summed E-state index contributed by atoms with van der Waals surface area (Å²) in [7, 11) is 0. The van der Waals surface area contributed by atoms with Gasteiger partial charge in [0.15, 0.2) is 0 Å². The monoisotopic (exact) mass is 387 g/mol. The van der Waals surface area contributed by atoms with Gasteiger partial charge in [-0.15, -0.1) is 0 Å². The Hall–Kier alpha value is -0.932. The molecule has 11 heteroatoms. The summed E-state index contributed by atoms with van der Waals surface area (Å²) >= 11 is 0. The van der Waals surface area contributed by atoms with E-state index in [1.807, 2.05) is 0 Å². The average Bonchev–Trinajstić information content (AvgIpc) is 1.25. The largest absolute Gasteiger partial charge is 0.503 e. The Balaban J connectivity index is -0.00000000800. The molecule has 0 radical (unpaired) electrons. The molecule has 0 aliphatic carbocycles. The minimum atomic E-state index is -1.83. The Morgan fingerprint density at radius 1 is 0.615 bits per heavy atom. The zero-order valence-electron chi connectivity index (χ0n) is 6.75. The minimum absolute atomic E-state index is 0. The SMILES string of the molecule is N.N.N.N.O=C(O)O.O=C(O)O.[Pt]. The Morgan fingerprint density at radius 2 is 0.615 bits per heavy atom. The molecule has 0 rings (SSSR count). The summed E-state index contributed by atoms with van der Waals surface area (Å²) in [5.74, 6) is 0. The summed E-state index contributed by atoms with van der Waals surface area (Å²) in [6, 6.07) is 0. The fourth-order valence-corrected chi connectivity index (χ4v) is 0. The van der Waals surface area contributed by atoms with Crippen LogP contribution in [0.1, 0.15) is 0 Å². The molecule has 0 aromatic rings. The Bertz CT molecular complexity index is 80.6. The van der Waals surface area contributed by atoms with Gasteiger partial charge in [0.2, 0.25) is 0 Å². The Morgan fingerprint density at radius 3 is 0.615 bits per heavy atom. The molecule has 13 heavy (non-hydrogen) atoms. The van der Waals surface area contributed by atoms with Crippen molar-refractivity contribution in [1.82, 2.24) is 24.6 Å². The molecule has 0 amide bonds. The van der Waals surface area contributed by atoms with Crippen LogP contribution >= 0.6 is 0 Å². The third kappa shape index (κ3) is 1050. The van der Waals surface area contributed by atoms with Gasteiger partial charge in [0.1, 0.15) is 0 Å². The minimum Gasteiger partial charge on any atom is -0.450 e. The normalized spacial score (nSPS) is 3.69. The van der Waals surface area contributed by atoms with Crippen molar-refractivity contribution in [3.63, 3.8) is 0 Å². The molecule has 0 aliphatic heterocycles. The van der Waals surface area contributed by atoms with Gasteiger partial charge in [-0.1, -0.05) is 0 Å². The zero-order chi connectivity index (χ0) is 7.15. The van der Waals surface area contributed by atoms with E-state index in [2.05, 4.69) is 0 Å². The van der Waals surface area contributed by atoms with Crippen LogP contribution in [0.4, 0.5) is 9.59 Å². The van der Waals surface area contributed by atoms with Crippen LogP contribution in [0.2, 0.25) is 0 Å². The van der Waals surface area contributed by atoms with E-state index in [9.17, 15) is 0 Å². The van der Waals surface area contributed by atoms with Crippen LogP contribution in [0.3, 0.4) is 0 Å². The van der Waals surface area contributed by atoms with Crippen molar-refractivity contribution < 1.29 is 51.1 Å². The van der Waals surface area contributed by atoms with Crippen LogP contribution in [0, 0.1) is 0 Å². The van der Waals surface area contributed by atoms with Crippen molar-refractivity contribution in [3.05, 3.63) is 0 Å². The van der Waals surface area contributed by atoms with Crippen molar-refractivity contribution in [2.75, 3.05) is 0 Å². The standard InChI is InChI=1S/2CH2O3.4H3N.Pt/c2*2-1(3)4;;;;;/h2*(H2,2,3,4);4*1H3;. The average molecular weight is 387 g/mol. The molecule has 0 fully saturated rings. The zero-order valence-corrected chi connectivity index (χ0v) is 9.02. The van der Waals surface area contributed by atoms with E-state index in [1.165, 1.54) is 0 Å². The molecule has 0 unspecified atom stereocenters. The summed E-state index contributed by atoms with van der Waals surface area (Å²) in [6.07, 6.45) is -3.67. The molecular formula is C2H16N4O6Pt. The van der Waals surface area contributed by atoms with Crippen molar-refractivity contribution in [2.24, 2.45) is 0 Å². The predicted octanol–water partition coefficient (Wildman–Crippen LogP) is 1.09. The van der Waals surface area contributed by atoms with Crippen molar-refractivity contribution in [3.8, 4) is 0 Å². The summed E-state index contributed by atoms with van der Waals surface area (Å²) in [5.41, 5.74) is 0. The van der Waals surface area contributed by atoms with Crippen LogP contribution in [0.15, 0.2) is 0 Å². The molecule has 0 heterocycles. The molecule has 0 saturated carbocycles. The maximum absolute atomic E-state index is 8.56. The fraction of sp³-hybridized carbons (Fsp3) is 0. The van der Waals surface area contributed by atoms with Crippen LogP contribution in [-0.4, -0.2) is 32.7 Å². The quantitative estimate of drug-likeness (QED) is 0.293. The summed E-state index contributed by atoms with van der Waals surface area (Å²) < 4.78 is 0. The van der Waals surface area contributed by atoms with E-state index in [0.717, 1.165) is 0 Å². The van der Waals surface area contributed by atoms with E-state index in [4.69, 9.17) is 30.0 Å². The van der Waals surface area contributed by atoms with Crippen LogP contribution < -0.4 is 24.6 Å². The van der Waals surface area contributed by atoms with Crippen molar-refractivity contribution in [1.29, 1.82) is 0 Å². The van der Waals surface area contributed by atoms with Crippen LogP contribution in [0.25, 0.3) is 0 Å². The summed E-state index contributed by atoms with van der Waals surface area (Å²) in [5, 5.41) is 27.9. The molecule has 0 bridgehead atoms. The third-order valence-electron chi connectivity index (χ3n) is 0. The predicted molar refractivity (Wildman–Crippen MR) is 41.4 cm³/mol. The van der Waals surface area contributed by atoms with Gasteiger partial charge < -0.3 is 45.0 Å². The van der Waals surface area contributed by atoms with Gasteiger partial charge in [0.05, 0.1) is 0 Å². The smallest absolute Gasteiger partial charge is 0.450 e. The number of rotatable bonds is 0. The van der Waals surface area contributed by atoms with Gasteiger partial charge in [0.25, 0.3) is 0 Å². The molecule has 0 spiro atoms. The van der Waals surface area contributed by atoms with Crippen molar-refractivity contribution in [2.45, 2.75) is 0 Å². The summed E-state index contributed by atoms with van der Waals surface area (Å²) in [4.78, 5) is 17.1. The number of carbonyl (C=O) groups is 2. The Kier molecular flexibility index (Phi) is 193. The summed E-state index contributed by atoms with van der Waals surface area (Å²) in [6.45, 7) is 0.